The third kappa shape index (κ3) is 8.18. The van der Waals surface area contributed by atoms with Gasteiger partial charge >= 0.3 is 6.18 Å². The van der Waals surface area contributed by atoms with Gasteiger partial charge in [0.05, 0.1) is 46.1 Å². The molecule has 3 aliphatic heterocycles. The number of anilines is 4. The van der Waals surface area contributed by atoms with Crippen LogP contribution in [0.3, 0.4) is 0 Å². The SMILES string of the molecule is Cn1ncnc1C1C2=NCC(=O)c3cc(F)cc(c32)N[C@@H]1c1ccc(NC(=O)CCCCNC(=O)c2ccc(N3C(=S)N(c4ccc(C#N)c(C(F)(F)F)c4)C(=O)C3(C)C)cc2F)cc1. The molecular weight excluding hydrogens is 872 g/mol. The lowest BCUT2D eigenvalue weighted by Gasteiger charge is -2.37. The van der Waals surface area contributed by atoms with E-state index < -0.39 is 58.3 Å². The molecule has 332 valence electrons. The number of aromatic nitrogens is 3. The maximum absolute atomic E-state index is 15.5. The molecule has 8 rings (SSSR count). The van der Waals surface area contributed by atoms with Gasteiger partial charge in [0.1, 0.15) is 35.9 Å². The second-order valence-corrected chi connectivity index (χ2v) is 16.4. The van der Waals surface area contributed by atoms with Gasteiger partial charge in [-0.1, -0.05) is 12.1 Å². The van der Waals surface area contributed by atoms with Crippen molar-refractivity contribution in [2.45, 2.75) is 56.8 Å². The first-order chi connectivity index (χ1) is 30.9. The summed E-state index contributed by atoms with van der Waals surface area (Å²) >= 11 is 5.52. The molecule has 0 bridgehead atoms. The molecule has 1 unspecified atom stereocenters. The molecule has 1 fully saturated rings. The van der Waals surface area contributed by atoms with Crippen LogP contribution in [0.2, 0.25) is 0 Å². The van der Waals surface area contributed by atoms with Crippen LogP contribution in [0, 0.1) is 23.0 Å². The van der Waals surface area contributed by atoms with Gasteiger partial charge in [-0.3, -0.25) is 33.8 Å². The number of hydrogen-bond acceptors (Lipinski definition) is 10. The molecule has 3 aliphatic rings. The Kier molecular flexibility index (Phi) is 11.5. The lowest BCUT2D eigenvalue weighted by molar-refractivity contribution is -0.137. The van der Waals surface area contributed by atoms with E-state index in [4.69, 9.17) is 12.2 Å². The molecule has 0 radical (unpaired) electrons. The third-order valence-corrected chi connectivity index (χ3v) is 11.9. The smallest absolute Gasteiger partial charge is 0.376 e. The topological polar surface area (TPSA) is 178 Å². The van der Waals surface area contributed by atoms with E-state index in [0.717, 1.165) is 22.6 Å². The van der Waals surface area contributed by atoms with Crippen molar-refractivity contribution in [2.75, 3.05) is 33.5 Å². The zero-order valence-corrected chi connectivity index (χ0v) is 35.6. The van der Waals surface area contributed by atoms with Crippen LogP contribution in [-0.2, 0) is 22.8 Å². The molecule has 65 heavy (non-hydrogen) atoms. The van der Waals surface area contributed by atoms with Crippen LogP contribution in [0.15, 0.2) is 84.1 Å². The van der Waals surface area contributed by atoms with Crippen molar-refractivity contribution in [1.82, 2.24) is 20.1 Å². The maximum atomic E-state index is 15.5. The maximum Gasteiger partial charge on any atom is 0.417 e. The Hall–Kier alpha value is -7.40. The number of aryl methyl sites for hydroxylation is 1. The van der Waals surface area contributed by atoms with Crippen LogP contribution >= 0.6 is 12.2 Å². The van der Waals surface area contributed by atoms with Crippen molar-refractivity contribution in [2.24, 2.45) is 12.0 Å². The molecular formula is C45H37F5N10O4S. The van der Waals surface area contributed by atoms with Gasteiger partial charge in [-0.05, 0) is 105 Å². The number of nitrogens with one attached hydrogen (secondary N) is 3. The van der Waals surface area contributed by atoms with Crippen molar-refractivity contribution < 1.29 is 41.1 Å². The number of ketones is 1. The average molecular weight is 909 g/mol. The second-order valence-electron chi connectivity index (χ2n) is 16.0. The fraction of sp³-hybridized carbons (Fsp3) is 0.267. The van der Waals surface area contributed by atoms with Gasteiger partial charge < -0.3 is 20.9 Å². The van der Waals surface area contributed by atoms with E-state index in [0.29, 0.717) is 47.4 Å². The van der Waals surface area contributed by atoms with E-state index in [2.05, 4.69) is 31.0 Å². The zero-order chi connectivity index (χ0) is 46.5. The Labute approximate surface area is 373 Å². The number of unbranched alkanes of at least 4 members (excludes halogenated alkanes) is 1. The molecule has 4 aromatic carbocycles. The number of carbonyl (C=O) groups excluding carboxylic acids is 4. The van der Waals surface area contributed by atoms with Crippen molar-refractivity contribution in [1.29, 1.82) is 5.26 Å². The highest BCUT2D eigenvalue weighted by molar-refractivity contribution is 7.81. The Morgan fingerprint density at radius 2 is 1.74 bits per heavy atom. The quantitative estimate of drug-likeness (QED) is 0.0689. The molecule has 14 nitrogen and oxygen atoms in total. The minimum atomic E-state index is -4.88. The Bertz CT molecular complexity index is 2890. The van der Waals surface area contributed by atoms with E-state index in [1.807, 2.05) is 12.1 Å². The van der Waals surface area contributed by atoms with Gasteiger partial charge in [-0.25, -0.2) is 13.8 Å². The number of halogens is 5. The highest BCUT2D eigenvalue weighted by Crippen LogP contribution is 2.45. The summed E-state index contributed by atoms with van der Waals surface area (Å²) in [6, 6.07) is 17.0. The third-order valence-electron chi connectivity index (χ3n) is 11.5. The highest BCUT2D eigenvalue weighted by Gasteiger charge is 2.51. The van der Waals surface area contributed by atoms with Gasteiger partial charge in [-0.2, -0.15) is 23.5 Å². The molecule has 5 aromatic rings. The largest absolute Gasteiger partial charge is 0.417 e. The predicted octanol–water partition coefficient (Wildman–Crippen LogP) is 7.38. The van der Waals surface area contributed by atoms with Crippen LogP contribution in [0.5, 0.6) is 0 Å². The summed E-state index contributed by atoms with van der Waals surface area (Å²) in [6.45, 7) is 2.93. The fourth-order valence-electron chi connectivity index (χ4n) is 8.33. The fourth-order valence-corrected chi connectivity index (χ4v) is 8.85. The normalized spacial score (nSPS) is 17.6. The second kappa shape index (κ2) is 17.0. The molecule has 20 heteroatoms. The van der Waals surface area contributed by atoms with E-state index in [-0.39, 0.29) is 58.8 Å². The van der Waals surface area contributed by atoms with Gasteiger partial charge in [-0.15, -0.1) is 0 Å². The van der Waals surface area contributed by atoms with E-state index in [9.17, 15) is 42.0 Å². The zero-order valence-electron chi connectivity index (χ0n) is 34.8. The van der Waals surface area contributed by atoms with E-state index >= 15 is 4.39 Å². The molecule has 0 saturated carbocycles. The molecule has 3 amide bonds. The number of aliphatic imine (C=N–C) groups is 1. The number of carbonyl (C=O) groups is 4. The number of Topliss-reactive ketones (excluding diaryl/α,β-unsaturated/α-hetero) is 1. The number of benzene rings is 4. The number of nitriles is 1. The summed E-state index contributed by atoms with van der Waals surface area (Å²) in [5.41, 5.74) is -0.668. The molecule has 4 heterocycles. The first kappa shape index (κ1) is 44.2. The summed E-state index contributed by atoms with van der Waals surface area (Å²) in [4.78, 5) is 63.4. The van der Waals surface area contributed by atoms with Crippen LogP contribution in [0.4, 0.5) is 44.7 Å². The Morgan fingerprint density at radius 3 is 2.42 bits per heavy atom. The van der Waals surface area contributed by atoms with Crippen LogP contribution in [0.25, 0.3) is 0 Å². The van der Waals surface area contributed by atoms with E-state index in [1.54, 1.807) is 23.9 Å². The first-order valence-electron chi connectivity index (χ1n) is 20.2. The summed E-state index contributed by atoms with van der Waals surface area (Å²) in [5, 5.41) is 22.1. The van der Waals surface area contributed by atoms with Crippen LogP contribution in [0.1, 0.15) is 93.9 Å². The number of nitrogens with zero attached hydrogens (tertiary/aromatic N) is 7. The van der Waals surface area contributed by atoms with Crippen molar-refractivity contribution >= 4 is 69.3 Å². The number of hydrogen-bond donors (Lipinski definition) is 3. The number of rotatable bonds is 11. The van der Waals surface area contributed by atoms with Crippen LogP contribution < -0.4 is 25.8 Å². The van der Waals surface area contributed by atoms with Crippen molar-refractivity contribution in [3.05, 3.63) is 130 Å². The van der Waals surface area contributed by atoms with Crippen LogP contribution in [-0.4, -0.2) is 67.7 Å². The van der Waals surface area contributed by atoms with Gasteiger partial charge in [0, 0.05) is 48.2 Å². The first-order valence-corrected chi connectivity index (χ1v) is 20.6. The monoisotopic (exact) mass is 908 g/mol. The molecule has 1 saturated heterocycles. The summed E-state index contributed by atoms with van der Waals surface area (Å²) in [6.07, 6.45) is -2.58. The molecule has 0 spiro atoms. The molecule has 2 atom stereocenters. The number of alkyl halides is 3. The minimum absolute atomic E-state index is 0.0748. The van der Waals surface area contributed by atoms with Gasteiger partial charge in [0.25, 0.3) is 11.8 Å². The lowest BCUT2D eigenvalue weighted by Crippen LogP contribution is -2.44. The van der Waals surface area contributed by atoms with E-state index in [1.165, 1.54) is 61.5 Å². The Balaban J connectivity index is 0.856. The Morgan fingerprint density at radius 1 is 1.00 bits per heavy atom. The highest BCUT2D eigenvalue weighted by atomic mass is 32.1. The number of amides is 3. The predicted molar refractivity (Wildman–Crippen MR) is 233 cm³/mol. The van der Waals surface area contributed by atoms with Crippen molar-refractivity contribution in [3.63, 3.8) is 0 Å². The average Bonchev–Trinajstić information content (AvgIpc) is 3.76. The molecule has 0 aliphatic carbocycles. The van der Waals surface area contributed by atoms with Gasteiger partial charge in [0.2, 0.25) is 5.91 Å². The van der Waals surface area contributed by atoms with Crippen molar-refractivity contribution in [3.8, 4) is 6.07 Å². The summed E-state index contributed by atoms with van der Waals surface area (Å²) in [7, 11) is 1.75. The van der Waals surface area contributed by atoms with Gasteiger partial charge in [0.15, 0.2) is 10.9 Å². The summed E-state index contributed by atoms with van der Waals surface area (Å²) in [5.74, 6) is -3.37. The lowest BCUT2D eigenvalue weighted by atomic mass is 9.78. The minimum Gasteiger partial charge on any atom is -0.376 e. The number of thiocarbonyl (C=S) groups is 1. The summed E-state index contributed by atoms with van der Waals surface area (Å²) < 4.78 is 73.0. The standard InChI is InChI=1S/C45H37F5N10O4S/c1-44(2)42(64)59(27-12-9-24(20-51)31(18-27)45(48,49)50)43(65)60(44)28-13-14-29(32(47)19-28)41(63)52-15-5-4-6-35(62)56-26-10-7-23(8-11-26)38-37(40-54-22-55-58(40)3)39-36-30(34(61)21-53-39)16-25(46)17-33(36)57-38/h7-14,16-19,22,37-38,57H,4-6,15,21H2,1-3H3,(H,52,63)(H,56,62)/t37?,38-/m1/s1. The molecule has 3 N–H and O–H groups in total. The molecule has 1 aromatic heterocycles.